The zero-order valence-electron chi connectivity index (χ0n) is 14.6. The van der Waals surface area contributed by atoms with Crippen LogP contribution in [0.4, 0.5) is 6.01 Å². The fourth-order valence-corrected chi connectivity index (χ4v) is 3.11. The smallest absolute Gasteiger partial charge is 0.300 e. The van der Waals surface area contributed by atoms with E-state index in [1.165, 1.54) is 0 Å². The van der Waals surface area contributed by atoms with Crippen molar-refractivity contribution in [2.24, 2.45) is 7.05 Å². The van der Waals surface area contributed by atoms with Gasteiger partial charge in [0.15, 0.2) is 5.58 Å². The van der Waals surface area contributed by atoms with E-state index in [4.69, 9.17) is 4.42 Å². The minimum absolute atomic E-state index is 0.0117. The van der Waals surface area contributed by atoms with Crippen LogP contribution in [0.5, 0.6) is 0 Å². The summed E-state index contributed by atoms with van der Waals surface area (Å²) in [6.07, 6.45) is 0. The highest BCUT2D eigenvalue weighted by atomic mass is 16.4. The first-order chi connectivity index (χ1) is 12.0. The van der Waals surface area contributed by atoms with Gasteiger partial charge in [-0.05, 0) is 32.0 Å². The van der Waals surface area contributed by atoms with E-state index in [2.05, 4.69) is 20.0 Å². The molecule has 0 unspecified atom stereocenters. The molecule has 0 aromatic carbocycles. The number of carbonyl (C=O) groups excluding carboxylic acids is 1. The van der Waals surface area contributed by atoms with Gasteiger partial charge in [0.25, 0.3) is 11.9 Å². The second-order valence-corrected chi connectivity index (χ2v) is 6.34. The number of nitrogens with zero attached hydrogens (tertiary/aromatic N) is 6. The number of oxazole rings is 1. The number of hydrogen-bond donors (Lipinski definition) is 0. The molecule has 1 fully saturated rings. The molecule has 0 spiro atoms. The van der Waals surface area contributed by atoms with Gasteiger partial charge < -0.3 is 14.2 Å². The van der Waals surface area contributed by atoms with Crippen LogP contribution in [0, 0.1) is 13.8 Å². The molecule has 130 valence electrons. The quantitative estimate of drug-likeness (QED) is 0.704. The molecule has 1 saturated heterocycles. The third kappa shape index (κ3) is 2.84. The van der Waals surface area contributed by atoms with Crippen molar-refractivity contribution in [3.8, 4) is 0 Å². The predicted molar refractivity (Wildman–Crippen MR) is 92.6 cm³/mol. The largest absolute Gasteiger partial charge is 0.422 e. The van der Waals surface area contributed by atoms with E-state index >= 15 is 0 Å². The highest BCUT2D eigenvalue weighted by molar-refractivity contribution is 5.92. The minimum Gasteiger partial charge on any atom is -0.422 e. The first kappa shape index (κ1) is 15.6. The summed E-state index contributed by atoms with van der Waals surface area (Å²) in [7, 11) is 1.80. The molecule has 1 aliphatic rings. The molecule has 3 aromatic heterocycles. The lowest BCUT2D eigenvalue weighted by Crippen LogP contribution is -2.49. The van der Waals surface area contributed by atoms with Gasteiger partial charge in [0.1, 0.15) is 5.69 Å². The number of aryl methyl sites for hydroxylation is 3. The molecule has 1 amide bonds. The molecular formula is C17H20N6O2. The summed E-state index contributed by atoms with van der Waals surface area (Å²) in [5.74, 6) is 0.0117. The fourth-order valence-electron chi connectivity index (χ4n) is 3.11. The predicted octanol–water partition coefficient (Wildman–Crippen LogP) is 1.54. The van der Waals surface area contributed by atoms with Gasteiger partial charge in [-0.3, -0.25) is 9.48 Å². The first-order valence-corrected chi connectivity index (χ1v) is 8.30. The van der Waals surface area contributed by atoms with Crippen LogP contribution in [0.1, 0.15) is 21.9 Å². The van der Waals surface area contributed by atoms with Gasteiger partial charge in [-0.15, -0.1) is 0 Å². The van der Waals surface area contributed by atoms with Gasteiger partial charge in [-0.25, -0.2) is 4.98 Å². The molecule has 4 heterocycles. The van der Waals surface area contributed by atoms with Crippen molar-refractivity contribution < 1.29 is 9.21 Å². The van der Waals surface area contributed by atoms with Gasteiger partial charge >= 0.3 is 0 Å². The van der Waals surface area contributed by atoms with Gasteiger partial charge in [-0.2, -0.15) is 10.1 Å². The van der Waals surface area contributed by atoms with Crippen molar-refractivity contribution >= 4 is 23.2 Å². The van der Waals surface area contributed by atoms with Crippen molar-refractivity contribution in [2.45, 2.75) is 13.8 Å². The van der Waals surface area contributed by atoms with E-state index in [1.54, 1.807) is 11.7 Å². The average Bonchev–Trinajstić information content (AvgIpc) is 3.16. The average molecular weight is 340 g/mol. The second-order valence-electron chi connectivity index (χ2n) is 6.34. The van der Waals surface area contributed by atoms with E-state index in [0.29, 0.717) is 49.1 Å². The Morgan fingerprint density at radius 2 is 1.84 bits per heavy atom. The van der Waals surface area contributed by atoms with Crippen LogP contribution in [0.25, 0.3) is 11.2 Å². The molecule has 8 heteroatoms. The lowest BCUT2D eigenvalue weighted by Gasteiger charge is -2.33. The summed E-state index contributed by atoms with van der Waals surface area (Å²) < 4.78 is 7.44. The molecule has 0 atom stereocenters. The molecule has 3 aromatic rings. The zero-order valence-corrected chi connectivity index (χ0v) is 14.6. The Labute approximate surface area is 145 Å². The monoisotopic (exact) mass is 340 g/mol. The van der Waals surface area contributed by atoms with Crippen molar-refractivity contribution in [1.82, 2.24) is 24.6 Å². The van der Waals surface area contributed by atoms with Crippen LogP contribution in [-0.4, -0.2) is 56.7 Å². The van der Waals surface area contributed by atoms with Crippen LogP contribution in [0.2, 0.25) is 0 Å². The molecule has 25 heavy (non-hydrogen) atoms. The lowest BCUT2D eigenvalue weighted by atomic mass is 10.2. The maximum absolute atomic E-state index is 12.7. The first-order valence-electron chi connectivity index (χ1n) is 8.30. The van der Waals surface area contributed by atoms with Gasteiger partial charge in [-0.1, -0.05) is 0 Å². The third-order valence-corrected chi connectivity index (χ3v) is 4.44. The molecule has 4 rings (SSSR count). The number of anilines is 1. The Bertz CT molecular complexity index is 936. The van der Waals surface area contributed by atoms with Crippen LogP contribution in [0.15, 0.2) is 22.6 Å². The Morgan fingerprint density at radius 3 is 2.52 bits per heavy atom. The molecule has 1 aliphatic heterocycles. The molecular weight excluding hydrogens is 320 g/mol. The number of hydrogen-bond acceptors (Lipinski definition) is 6. The SMILES string of the molecule is Cc1ccc2oc(N3CCN(C(=O)c4cc(C)nn4C)CC3)nc2n1. The Hall–Kier alpha value is -2.90. The number of aromatic nitrogens is 4. The second kappa shape index (κ2) is 5.87. The van der Waals surface area contributed by atoms with E-state index in [1.807, 2.05) is 36.9 Å². The minimum atomic E-state index is 0.0117. The Kier molecular flexibility index (Phi) is 3.67. The Balaban J connectivity index is 1.47. The van der Waals surface area contributed by atoms with E-state index in [0.717, 1.165) is 11.4 Å². The molecule has 0 bridgehead atoms. The molecule has 0 saturated carbocycles. The van der Waals surface area contributed by atoms with Crippen LogP contribution in [0.3, 0.4) is 0 Å². The van der Waals surface area contributed by atoms with Gasteiger partial charge in [0.2, 0.25) is 5.65 Å². The van der Waals surface area contributed by atoms with Crippen molar-refractivity contribution in [2.75, 3.05) is 31.1 Å². The van der Waals surface area contributed by atoms with Crippen molar-refractivity contribution in [3.05, 3.63) is 35.3 Å². The van der Waals surface area contributed by atoms with Gasteiger partial charge in [0, 0.05) is 38.9 Å². The fraction of sp³-hybridized carbons (Fsp3) is 0.412. The summed E-state index contributed by atoms with van der Waals surface area (Å²) in [4.78, 5) is 25.4. The number of fused-ring (bicyclic) bond motifs is 1. The lowest BCUT2D eigenvalue weighted by molar-refractivity contribution is 0.0734. The standard InChI is InChI=1S/C17H20N6O2/c1-11-4-5-14-15(18-11)19-17(25-14)23-8-6-22(7-9-23)16(24)13-10-12(2)20-21(13)3/h4-5,10H,6-9H2,1-3H3. The summed E-state index contributed by atoms with van der Waals surface area (Å²) in [6, 6.07) is 6.18. The van der Waals surface area contributed by atoms with E-state index < -0.39 is 0 Å². The number of amides is 1. The molecule has 0 radical (unpaired) electrons. The molecule has 8 nitrogen and oxygen atoms in total. The maximum atomic E-state index is 12.7. The number of rotatable bonds is 2. The highest BCUT2D eigenvalue weighted by Gasteiger charge is 2.26. The number of piperazine rings is 1. The summed E-state index contributed by atoms with van der Waals surface area (Å²) in [5, 5.41) is 4.25. The third-order valence-electron chi connectivity index (χ3n) is 4.44. The van der Waals surface area contributed by atoms with Crippen LogP contribution >= 0.6 is 0 Å². The number of carbonyl (C=O) groups is 1. The topological polar surface area (TPSA) is 80.3 Å². The molecule has 0 aliphatic carbocycles. The highest BCUT2D eigenvalue weighted by Crippen LogP contribution is 2.22. The van der Waals surface area contributed by atoms with Crippen LogP contribution < -0.4 is 4.90 Å². The van der Waals surface area contributed by atoms with E-state index in [9.17, 15) is 4.79 Å². The zero-order chi connectivity index (χ0) is 17.6. The maximum Gasteiger partial charge on any atom is 0.300 e. The summed E-state index contributed by atoms with van der Waals surface area (Å²) in [5.41, 5.74) is 3.68. The van der Waals surface area contributed by atoms with Crippen LogP contribution in [-0.2, 0) is 7.05 Å². The summed E-state index contributed by atoms with van der Waals surface area (Å²) >= 11 is 0. The summed E-state index contributed by atoms with van der Waals surface area (Å²) in [6.45, 7) is 6.40. The van der Waals surface area contributed by atoms with Crippen molar-refractivity contribution in [3.63, 3.8) is 0 Å². The van der Waals surface area contributed by atoms with E-state index in [-0.39, 0.29) is 5.91 Å². The van der Waals surface area contributed by atoms with Crippen molar-refractivity contribution in [1.29, 1.82) is 0 Å². The number of pyridine rings is 1. The normalized spacial score (nSPS) is 15.2. The van der Waals surface area contributed by atoms with Gasteiger partial charge in [0.05, 0.1) is 5.69 Å². The molecule has 0 N–H and O–H groups in total. The Morgan fingerprint density at radius 1 is 1.08 bits per heavy atom.